The second-order valence-electron chi connectivity index (χ2n) is 5.56. The molecule has 4 aromatic rings. The fourth-order valence-corrected chi connectivity index (χ4v) is 4.85. The minimum absolute atomic E-state index is 0.0683. The molecule has 0 unspecified atom stereocenters. The SMILES string of the molecule is CCc1c(-c2ccc(OC)cc2)sc2nc(-c3cccs3)[nH]c(=O)c12. The first-order valence-electron chi connectivity index (χ1n) is 7.95. The third-order valence-electron chi connectivity index (χ3n) is 4.12. The maximum Gasteiger partial charge on any atom is 0.260 e. The van der Waals surface area contributed by atoms with E-state index < -0.39 is 0 Å². The van der Waals surface area contributed by atoms with E-state index >= 15 is 0 Å². The Morgan fingerprint density at radius 3 is 2.64 bits per heavy atom. The van der Waals surface area contributed by atoms with E-state index in [-0.39, 0.29) is 5.56 Å². The quantitative estimate of drug-likeness (QED) is 0.554. The molecule has 1 aromatic carbocycles. The van der Waals surface area contributed by atoms with Crippen LogP contribution in [0.5, 0.6) is 5.75 Å². The molecule has 0 saturated carbocycles. The number of methoxy groups -OCH3 is 1. The van der Waals surface area contributed by atoms with E-state index in [1.807, 2.05) is 41.8 Å². The molecule has 0 amide bonds. The van der Waals surface area contributed by atoms with Gasteiger partial charge in [0.1, 0.15) is 10.6 Å². The van der Waals surface area contributed by atoms with Crippen molar-refractivity contribution < 1.29 is 4.74 Å². The van der Waals surface area contributed by atoms with Gasteiger partial charge in [0.15, 0.2) is 5.82 Å². The molecular weight excluding hydrogens is 352 g/mol. The monoisotopic (exact) mass is 368 g/mol. The number of nitrogens with one attached hydrogen (secondary N) is 1. The molecule has 4 nitrogen and oxygen atoms in total. The number of rotatable bonds is 4. The van der Waals surface area contributed by atoms with Crippen LogP contribution in [0.1, 0.15) is 12.5 Å². The Kier molecular flexibility index (Phi) is 4.15. The molecule has 25 heavy (non-hydrogen) atoms. The number of benzene rings is 1. The second-order valence-corrected chi connectivity index (χ2v) is 7.51. The van der Waals surface area contributed by atoms with Crippen molar-refractivity contribution in [3.63, 3.8) is 0 Å². The van der Waals surface area contributed by atoms with Crippen LogP contribution in [-0.4, -0.2) is 17.1 Å². The number of aryl methyl sites for hydroxylation is 1. The van der Waals surface area contributed by atoms with Crippen LogP contribution in [0.15, 0.2) is 46.6 Å². The Balaban J connectivity index is 1.93. The number of aromatic amines is 1. The van der Waals surface area contributed by atoms with Gasteiger partial charge >= 0.3 is 0 Å². The molecule has 4 rings (SSSR count). The molecule has 126 valence electrons. The number of hydrogen-bond acceptors (Lipinski definition) is 5. The molecule has 3 heterocycles. The minimum Gasteiger partial charge on any atom is -0.497 e. The van der Waals surface area contributed by atoms with Gasteiger partial charge in [0.2, 0.25) is 0 Å². The highest BCUT2D eigenvalue weighted by molar-refractivity contribution is 7.22. The summed E-state index contributed by atoms with van der Waals surface area (Å²) in [6, 6.07) is 11.8. The molecule has 3 aromatic heterocycles. The summed E-state index contributed by atoms with van der Waals surface area (Å²) in [4.78, 5) is 23.2. The smallest absolute Gasteiger partial charge is 0.260 e. The van der Waals surface area contributed by atoms with E-state index in [1.54, 1.807) is 29.8 Å². The zero-order valence-electron chi connectivity index (χ0n) is 13.8. The van der Waals surface area contributed by atoms with Gasteiger partial charge in [-0.15, -0.1) is 22.7 Å². The van der Waals surface area contributed by atoms with E-state index in [2.05, 4.69) is 11.9 Å². The van der Waals surface area contributed by atoms with Crippen molar-refractivity contribution in [2.75, 3.05) is 7.11 Å². The molecule has 0 fully saturated rings. The number of H-pyrrole nitrogens is 1. The Hall–Kier alpha value is -2.44. The molecule has 0 saturated heterocycles. The Bertz CT molecular complexity index is 1080. The van der Waals surface area contributed by atoms with Crippen LogP contribution >= 0.6 is 22.7 Å². The highest BCUT2D eigenvalue weighted by Crippen LogP contribution is 2.38. The topological polar surface area (TPSA) is 55.0 Å². The highest BCUT2D eigenvalue weighted by Gasteiger charge is 2.18. The average molecular weight is 368 g/mol. The van der Waals surface area contributed by atoms with Crippen LogP contribution in [0, 0.1) is 0 Å². The maximum atomic E-state index is 12.7. The lowest BCUT2D eigenvalue weighted by Gasteiger charge is -2.04. The largest absolute Gasteiger partial charge is 0.497 e. The van der Waals surface area contributed by atoms with Gasteiger partial charge in [0, 0.05) is 4.88 Å². The molecule has 6 heteroatoms. The van der Waals surface area contributed by atoms with Crippen LogP contribution in [0.25, 0.3) is 31.4 Å². The van der Waals surface area contributed by atoms with Crippen molar-refractivity contribution in [3.8, 4) is 26.9 Å². The van der Waals surface area contributed by atoms with Crippen molar-refractivity contribution in [2.45, 2.75) is 13.3 Å². The van der Waals surface area contributed by atoms with Crippen LogP contribution < -0.4 is 10.3 Å². The van der Waals surface area contributed by atoms with Crippen LogP contribution in [0.4, 0.5) is 0 Å². The summed E-state index contributed by atoms with van der Waals surface area (Å²) in [5.41, 5.74) is 2.07. The zero-order chi connectivity index (χ0) is 17.4. The molecule has 0 spiro atoms. The standard InChI is InChI=1S/C19H16N2O2S2/c1-3-13-15-18(22)20-17(14-5-4-10-24-14)21-19(15)25-16(13)11-6-8-12(23-2)9-7-11/h4-10H,3H2,1-2H3,(H,20,21,22). The van der Waals surface area contributed by atoms with Gasteiger partial charge in [-0.3, -0.25) is 4.79 Å². The van der Waals surface area contributed by atoms with Gasteiger partial charge in [-0.1, -0.05) is 13.0 Å². The predicted octanol–water partition coefficient (Wildman–Crippen LogP) is 4.95. The molecule has 1 N–H and O–H groups in total. The first-order chi connectivity index (χ1) is 12.2. The predicted molar refractivity (Wildman–Crippen MR) is 105 cm³/mol. The van der Waals surface area contributed by atoms with Crippen molar-refractivity contribution in [2.24, 2.45) is 0 Å². The molecular formula is C19H16N2O2S2. The van der Waals surface area contributed by atoms with Crippen molar-refractivity contribution in [3.05, 3.63) is 57.7 Å². The van der Waals surface area contributed by atoms with E-state index in [4.69, 9.17) is 9.72 Å². The molecule has 0 aliphatic rings. The van der Waals surface area contributed by atoms with Crippen LogP contribution in [0.3, 0.4) is 0 Å². The number of fused-ring (bicyclic) bond motifs is 1. The van der Waals surface area contributed by atoms with Crippen molar-refractivity contribution in [1.29, 1.82) is 0 Å². The van der Waals surface area contributed by atoms with E-state index in [0.717, 1.165) is 37.9 Å². The molecule has 0 atom stereocenters. The summed E-state index contributed by atoms with van der Waals surface area (Å²) in [7, 11) is 1.65. The lowest BCUT2D eigenvalue weighted by molar-refractivity contribution is 0.415. The van der Waals surface area contributed by atoms with Crippen molar-refractivity contribution in [1.82, 2.24) is 9.97 Å². The van der Waals surface area contributed by atoms with Crippen LogP contribution in [0.2, 0.25) is 0 Å². The molecule has 0 aliphatic carbocycles. The normalized spacial score (nSPS) is 11.1. The Morgan fingerprint density at radius 1 is 1.20 bits per heavy atom. The Labute approximate surface area is 152 Å². The van der Waals surface area contributed by atoms with Gasteiger partial charge in [-0.05, 0) is 53.3 Å². The summed E-state index contributed by atoms with van der Waals surface area (Å²) in [5.74, 6) is 1.46. The zero-order valence-corrected chi connectivity index (χ0v) is 15.5. The summed E-state index contributed by atoms with van der Waals surface area (Å²) in [5, 5.41) is 2.69. The third-order valence-corrected chi connectivity index (χ3v) is 6.17. The Morgan fingerprint density at radius 2 is 2.00 bits per heavy atom. The van der Waals surface area contributed by atoms with Crippen LogP contribution in [-0.2, 0) is 6.42 Å². The molecule has 0 bridgehead atoms. The summed E-state index contributed by atoms with van der Waals surface area (Å²) >= 11 is 3.14. The second kappa shape index (κ2) is 6.46. The van der Waals surface area contributed by atoms with E-state index in [9.17, 15) is 4.79 Å². The number of thiophene rings is 2. The number of nitrogens with zero attached hydrogens (tertiary/aromatic N) is 1. The summed E-state index contributed by atoms with van der Waals surface area (Å²) in [6.45, 7) is 2.07. The van der Waals surface area contributed by atoms with Gasteiger partial charge < -0.3 is 9.72 Å². The van der Waals surface area contributed by atoms with Gasteiger partial charge in [-0.25, -0.2) is 4.98 Å². The number of hydrogen-bond donors (Lipinski definition) is 1. The molecule has 0 aliphatic heterocycles. The third kappa shape index (κ3) is 2.77. The van der Waals surface area contributed by atoms with Gasteiger partial charge in [0.05, 0.1) is 17.4 Å². The first-order valence-corrected chi connectivity index (χ1v) is 9.65. The van der Waals surface area contributed by atoms with Crippen molar-refractivity contribution >= 4 is 32.9 Å². The van der Waals surface area contributed by atoms with Gasteiger partial charge in [0.25, 0.3) is 5.56 Å². The number of ether oxygens (including phenoxy) is 1. The maximum absolute atomic E-state index is 12.7. The van der Waals surface area contributed by atoms with E-state index in [1.165, 1.54) is 0 Å². The van der Waals surface area contributed by atoms with Gasteiger partial charge in [-0.2, -0.15) is 0 Å². The molecule has 0 radical (unpaired) electrons. The lowest BCUT2D eigenvalue weighted by atomic mass is 10.1. The first kappa shape index (κ1) is 16.1. The highest BCUT2D eigenvalue weighted by atomic mass is 32.1. The van der Waals surface area contributed by atoms with E-state index in [0.29, 0.717) is 11.2 Å². The summed E-state index contributed by atoms with van der Waals surface area (Å²) in [6.07, 6.45) is 0.782. The summed E-state index contributed by atoms with van der Waals surface area (Å²) < 4.78 is 5.23. The average Bonchev–Trinajstić information content (AvgIpc) is 3.29. The fraction of sp³-hybridized carbons (Fsp3) is 0.158. The lowest BCUT2D eigenvalue weighted by Crippen LogP contribution is -2.09. The minimum atomic E-state index is -0.0683. The fourth-order valence-electron chi connectivity index (χ4n) is 2.91. The number of aromatic nitrogens is 2.